The molecule has 1 aromatic rings. The molecule has 102 valence electrons. The normalized spacial score (nSPS) is 20.9. The van der Waals surface area contributed by atoms with Gasteiger partial charge in [0.05, 0.1) is 11.7 Å². The lowest BCUT2D eigenvalue weighted by atomic mass is 10.1. The highest BCUT2D eigenvalue weighted by molar-refractivity contribution is 5.20. The molecule has 5 nitrogen and oxygen atoms in total. The lowest BCUT2D eigenvalue weighted by Gasteiger charge is -2.29. The van der Waals surface area contributed by atoms with Crippen molar-refractivity contribution in [2.45, 2.75) is 19.4 Å². The molecule has 1 fully saturated rings. The Hall–Kier alpha value is -0.910. The predicted octanol–water partition coefficient (Wildman–Crippen LogP) is 0.366. The third-order valence-electron chi connectivity index (χ3n) is 3.83. The predicted molar refractivity (Wildman–Crippen MR) is 73.4 cm³/mol. The van der Waals surface area contributed by atoms with Crippen molar-refractivity contribution in [3.8, 4) is 0 Å². The van der Waals surface area contributed by atoms with Crippen LogP contribution < -0.4 is 5.73 Å². The Balaban J connectivity index is 2.15. The van der Waals surface area contributed by atoms with Gasteiger partial charge >= 0.3 is 0 Å². The molecule has 1 aliphatic heterocycles. The van der Waals surface area contributed by atoms with E-state index < -0.39 is 0 Å². The first-order valence-electron chi connectivity index (χ1n) is 6.74. The Kier molecular flexibility index (Phi) is 4.37. The molecule has 1 saturated heterocycles. The summed E-state index contributed by atoms with van der Waals surface area (Å²) in [5.74, 6) is 0. The minimum Gasteiger partial charge on any atom is -0.329 e. The van der Waals surface area contributed by atoms with E-state index in [1.807, 2.05) is 11.7 Å². The molecule has 0 amide bonds. The number of hydrogen-bond acceptors (Lipinski definition) is 4. The maximum absolute atomic E-state index is 6.01. The Bertz CT molecular complexity index is 387. The van der Waals surface area contributed by atoms with Crippen molar-refractivity contribution in [2.24, 2.45) is 12.8 Å². The number of likely N-dealkylation sites (N-methyl/N-ethyl adjacent to an activating group) is 1. The largest absolute Gasteiger partial charge is 0.329 e. The standard InChI is InChI=1S/C13H25N5/c1-11-12(10-17(3)15-11)13(9-14)18-6-4-5-16(2)7-8-18/h10,13H,4-9,14H2,1-3H3. The van der Waals surface area contributed by atoms with Crippen molar-refractivity contribution in [3.63, 3.8) is 0 Å². The summed E-state index contributed by atoms with van der Waals surface area (Å²) in [6.07, 6.45) is 3.33. The van der Waals surface area contributed by atoms with Crippen LogP contribution in [0.2, 0.25) is 0 Å². The summed E-state index contributed by atoms with van der Waals surface area (Å²) in [5.41, 5.74) is 8.39. The summed E-state index contributed by atoms with van der Waals surface area (Å²) in [6.45, 7) is 7.25. The summed E-state index contributed by atoms with van der Waals surface area (Å²) in [7, 11) is 4.16. The summed E-state index contributed by atoms with van der Waals surface area (Å²) in [5, 5.41) is 4.44. The topological polar surface area (TPSA) is 50.3 Å². The summed E-state index contributed by atoms with van der Waals surface area (Å²) in [4.78, 5) is 4.90. The van der Waals surface area contributed by atoms with Gasteiger partial charge in [-0.1, -0.05) is 0 Å². The third kappa shape index (κ3) is 2.91. The SMILES string of the molecule is Cc1nn(C)cc1C(CN)N1CCCN(C)CC1. The fourth-order valence-electron chi connectivity index (χ4n) is 2.80. The molecule has 18 heavy (non-hydrogen) atoms. The lowest BCUT2D eigenvalue weighted by molar-refractivity contribution is 0.207. The van der Waals surface area contributed by atoms with Gasteiger partial charge in [0.15, 0.2) is 0 Å². The summed E-state index contributed by atoms with van der Waals surface area (Å²) < 4.78 is 1.89. The van der Waals surface area contributed by atoms with Gasteiger partial charge in [-0.25, -0.2) is 0 Å². The van der Waals surface area contributed by atoms with E-state index in [0.717, 1.165) is 25.3 Å². The Morgan fingerprint density at radius 3 is 2.67 bits per heavy atom. The molecule has 1 atom stereocenters. The molecular weight excluding hydrogens is 226 g/mol. The van der Waals surface area contributed by atoms with Crippen LogP contribution in [0.3, 0.4) is 0 Å². The monoisotopic (exact) mass is 251 g/mol. The Morgan fingerprint density at radius 1 is 1.28 bits per heavy atom. The van der Waals surface area contributed by atoms with Crippen LogP contribution >= 0.6 is 0 Å². The van der Waals surface area contributed by atoms with Crippen molar-refractivity contribution in [1.82, 2.24) is 19.6 Å². The second kappa shape index (κ2) is 5.82. The molecule has 2 N–H and O–H groups in total. The van der Waals surface area contributed by atoms with Gasteiger partial charge in [0.25, 0.3) is 0 Å². The number of rotatable bonds is 3. The highest BCUT2D eigenvalue weighted by Gasteiger charge is 2.24. The van der Waals surface area contributed by atoms with Gasteiger partial charge in [0.1, 0.15) is 0 Å². The Morgan fingerprint density at radius 2 is 2.06 bits per heavy atom. The lowest BCUT2D eigenvalue weighted by Crippen LogP contribution is -2.36. The molecule has 5 heteroatoms. The number of aromatic nitrogens is 2. The first-order chi connectivity index (χ1) is 8.61. The highest BCUT2D eigenvalue weighted by atomic mass is 15.3. The molecule has 0 bridgehead atoms. The molecule has 0 saturated carbocycles. The fourth-order valence-corrected chi connectivity index (χ4v) is 2.80. The number of nitrogens with two attached hydrogens (primary N) is 1. The molecule has 0 aliphatic carbocycles. The van der Waals surface area contributed by atoms with Crippen molar-refractivity contribution >= 4 is 0 Å². The van der Waals surface area contributed by atoms with Crippen LogP contribution in [-0.2, 0) is 7.05 Å². The maximum Gasteiger partial charge on any atom is 0.0641 e. The third-order valence-corrected chi connectivity index (χ3v) is 3.83. The molecule has 2 heterocycles. The van der Waals surface area contributed by atoms with Crippen LogP contribution in [0.25, 0.3) is 0 Å². The van der Waals surface area contributed by atoms with E-state index in [-0.39, 0.29) is 0 Å². The van der Waals surface area contributed by atoms with E-state index in [1.54, 1.807) is 0 Å². The van der Waals surface area contributed by atoms with E-state index in [1.165, 1.54) is 18.5 Å². The van der Waals surface area contributed by atoms with Crippen LogP contribution in [0.15, 0.2) is 6.20 Å². The maximum atomic E-state index is 6.01. The number of nitrogens with zero attached hydrogens (tertiary/aromatic N) is 4. The molecule has 1 aliphatic rings. The number of hydrogen-bond donors (Lipinski definition) is 1. The van der Waals surface area contributed by atoms with Crippen LogP contribution in [0.4, 0.5) is 0 Å². The fraction of sp³-hybridized carbons (Fsp3) is 0.769. The minimum absolute atomic E-state index is 0.310. The van der Waals surface area contributed by atoms with Crippen molar-refractivity contribution < 1.29 is 0 Å². The van der Waals surface area contributed by atoms with E-state index in [0.29, 0.717) is 12.6 Å². The zero-order valence-electron chi connectivity index (χ0n) is 11.8. The van der Waals surface area contributed by atoms with E-state index in [9.17, 15) is 0 Å². The highest BCUT2D eigenvalue weighted by Crippen LogP contribution is 2.23. The van der Waals surface area contributed by atoms with Gasteiger partial charge in [-0.2, -0.15) is 5.10 Å². The van der Waals surface area contributed by atoms with Gasteiger partial charge in [0, 0.05) is 45.0 Å². The first kappa shape index (κ1) is 13.5. The smallest absolute Gasteiger partial charge is 0.0641 e. The van der Waals surface area contributed by atoms with Crippen LogP contribution in [-0.4, -0.2) is 59.4 Å². The van der Waals surface area contributed by atoms with Gasteiger partial charge in [-0.15, -0.1) is 0 Å². The average molecular weight is 251 g/mol. The molecule has 1 unspecified atom stereocenters. The minimum atomic E-state index is 0.310. The van der Waals surface area contributed by atoms with Gasteiger partial charge in [-0.3, -0.25) is 9.58 Å². The van der Waals surface area contributed by atoms with Crippen LogP contribution in [0.1, 0.15) is 23.7 Å². The van der Waals surface area contributed by atoms with Gasteiger partial charge in [0.2, 0.25) is 0 Å². The Labute approximate surface area is 110 Å². The quantitative estimate of drug-likeness (QED) is 0.843. The molecule has 2 rings (SSSR count). The molecule has 0 aromatic carbocycles. The van der Waals surface area contributed by atoms with E-state index >= 15 is 0 Å². The van der Waals surface area contributed by atoms with Crippen molar-refractivity contribution in [3.05, 3.63) is 17.5 Å². The van der Waals surface area contributed by atoms with Gasteiger partial charge in [-0.05, 0) is 26.9 Å². The average Bonchev–Trinajstić information content (AvgIpc) is 2.52. The molecule has 0 radical (unpaired) electrons. The van der Waals surface area contributed by atoms with Gasteiger partial charge < -0.3 is 10.6 Å². The second-order valence-electron chi connectivity index (χ2n) is 5.29. The van der Waals surface area contributed by atoms with E-state index in [2.05, 4.69) is 35.1 Å². The summed E-state index contributed by atoms with van der Waals surface area (Å²) >= 11 is 0. The molecular formula is C13H25N5. The molecule has 1 aromatic heterocycles. The van der Waals surface area contributed by atoms with Crippen LogP contribution in [0, 0.1) is 6.92 Å². The zero-order chi connectivity index (χ0) is 13.1. The second-order valence-corrected chi connectivity index (χ2v) is 5.29. The number of aryl methyl sites for hydroxylation is 2. The zero-order valence-corrected chi connectivity index (χ0v) is 11.8. The van der Waals surface area contributed by atoms with Crippen molar-refractivity contribution in [1.29, 1.82) is 0 Å². The van der Waals surface area contributed by atoms with Crippen molar-refractivity contribution in [2.75, 3.05) is 39.8 Å². The summed E-state index contributed by atoms with van der Waals surface area (Å²) in [6, 6.07) is 0.310. The van der Waals surface area contributed by atoms with Crippen LogP contribution in [0.5, 0.6) is 0 Å². The first-order valence-corrected chi connectivity index (χ1v) is 6.74. The van der Waals surface area contributed by atoms with E-state index in [4.69, 9.17) is 5.73 Å². The molecule has 0 spiro atoms.